The van der Waals surface area contributed by atoms with E-state index in [0.717, 1.165) is 50.3 Å². The van der Waals surface area contributed by atoms with Gasteiger partial charge in [0, 0.05) is 49.9 Å². The first-order valence-corrected chi connectivity index (χ1v) is 20.8. The maximum atomic E-state index is 6.83. The van der Waals surface area contributed by atoms with Gasteiger partial charge in [-0.3, -0.25) is 0 Å². The molecule has 3 heteroatoms. The molecule has 2 heterocycles. The first-order chi connectivity index (χ1) is 30.3. The monoisotopic (exact) mass is 778 g/mol. The maximum Gasteiger partial charge on any atom is 0.136 e. The van der Waals surface area contributed by atoms with Gasteiger partial charge in [-0.2, -0.15) is 0 Å². The van der Waals surface area contributed by atoms with E-state index in [1.165, 1.54) is 60.4 Å². The summed E-state index contributed by atoms with van der Waals surface area (Å²) >= 11 is 0. The molecule has 0 amide bonds. The zero-order valence-electron chi connectivity index (χ0n) is 33.2. The highest BCUT2D eigenvalue weighted by molar-refractivity contribution is 6.24. The zero-order chi connectivity index (χ0) is 40.3. The molecule has 0 aliphatic heterocycles. The molecule has 0 aliphatic carbocycles. The second-order valence-electron chi connectivity index (χ2n) is 15.7. The van der Waals surface area contributed by atoms with E-state index in [2.05, 4.69) is 240 Å². The summed E-state index contributed by atoms with van der Waals surface area (Å²) in [6.07, 6.45) is 0. The Bertz CT molecular complexity index is 3550. The van der Waals surface area contributed by atoms with Gasteiger partial charge in [-0.25, -0.2) is 0 Å². The van der Waals surface area contributed by atoms with Crippen molar-refractivity contribution in [2.75, 3.05) is 4.90 Å². The largest absolute Gasteiger partial charge is 0.456 e. The number of furan rings is 1. The van der Waals surface area contributed by atoms with Crippen LogP contribution in [0.3, 0.4) is 0 Å². The van der Waals surface area contributed by atoms with Gasteiger partial charge in [0.05, 0.1) is 11.0 Å². The molecule has 0 spiro atoms. The minimum absolute atomic E-state index is 0.861. The van der Waals surface area contributed by atoms with Crippen molar-refractivity contribution in [1.82, 2.24) is 4.57 Å². The lowest BCUT2D eigenvalue weighted by Gasteiger charge is -2.25. The van der Waals surface area contributed by atoms with Crippen molar-refractivity contribution < 1.29 is 4.42 Å². The summed E-state index contributed by atoms with van der Waals surface area (Å²) in [4.78, 5) is 2.33. The van der Waals surface area contributed by atoms with Crippen LogP contribution in [0.2, 0.25) is 0 Å². The summed E-state index contributed by atoms with van der Waals surface area (Å²) in [5.74, 6) is 0. The third kappa shape index (κ3) is 5.82. The summed E-state index contributed by atoms with van der Waals surface area (Å²) in [6, 6.07) is 82.6. The van der Waals surface area contributed by atoms with Gasteiger partial charge in [0.25, 0.3) is 0 Å². The lowest BCUT2D eigenvalue weighted by molar-refractivity contribution is 0.669. The highest BCUT2D eigenvalue weighted by Gasteiger charge is 2.22. The highest BCUT2D eigenvalue weighted by Crippen LogP contribution is 2.46. The Morgan fingerprint density at radius 2 is 0.869 bits per heavy atom. The van der Waals surface area contributed by atoms with Crippen LogP contribution < -0.4 is 4.90 Å². The number of rotatable bonds is 7. The minimum atomic E-state index is 0.861. The molecule has 10 aromatic carbocycles. The average Bonchev–Trinajstić information content (AvgIpc) is 3.88. The van der Waals surface area contributed by atoms with Crippen LogP contribution in [0.15, 0.2) is 235 Å². The minimum Gasteiger partial charge on any atom is -0.456 e. The van der Waals surface area contributed by atoms with E-state index in [4.69, 9.17) is 4.42 Å². The van der Waals surface area contributed by atoms with Crippen molar-refractivity contribution in [2.45, 2.75) is 0 Å². The molecule has 12 rings (SSSR count). The molecule has 0 fully saturated rings. The smallest absolute Gasteiger partial charge is 0.136 e. The predicted molar refractivity (Wildman–Crippen MR) is 257 cm³/mol. The summed E-state index contributed by atoms with van der Waals surface area (Å²) in [5, 5.41) is 7.02. The van der Waals surface area contributed by atoms with Crippen molar-refractivity contribution in [1.29, 1.82) is 0 Å². The maximum absolute atomic E-state index is 6.83. The zero-order valence-corrected chi connectivity index (χ0v) is 33.2. The molecule has 2 aromatic heterocycles. The van der Waals surface area contributed by atoms with E-state index in [-0.39, 0.29) is 0 Å². The van der Waals surface area contributed by atoms with Crippen LogP contribution in [-0.2, 0) is 0 Å². The molecule has 61 heavy (non-hydrogen) atoms. The molecule has 0 bridgehead atoms. The van der Waals surface area contributed by atoms with E-state index >= 15 is 0 Å². The molecule has 12 aromatic rings. The van der Waals surface area contributed by atoms with Crippen LogP contribution in [-0.4, -0.2) is 4.57 Å². The predicted octanol–water partition coefficient (Wildman–Crippen LogP) is 16.3. The van der Waals surface area contributed by atoms with Crippen molar-refractivity contribution in [3.8, 4) is 39.1 Å². The molecule has 0 atom stereocenters. The highest BCUT2D eigenvalue weighted by atomic mass is 16.3. The summed E-state index contributed by atoms with van der Waals surface area (Å²) in [5.41, 5.74) is 15.6. The molecule has 0 radical (unpaired) electrons. The Balaban J connectivity index is 1.00. The van der Waals surface area contributed by atoms with Gasteiger partial charge in [-0.05, 0) is 105 Å². The summed E-state index contributed by atoms with van der Waals surface area (Å²) < 4.78 is 9.24. The normalized spacial score (nSPS) is 11.6. The van der Waals surface area contributed by atoms with Gasteiger partial charge < -0.3 is 13.9 Å². The average molecular weight is 779 g/mol. The van der Waals surface area contributed by atoms with E-state index < -0.39 is 0 Å². The first-order valence-electron chi connectivity index (χ1n) is 20.8. The fourth-order valence-electron chi connectivity index (χ4n) is 9.38. The van der Waals surface area contributed by atoms with Crippen LogP contribution in [0, 0.1) is 0 Å². The van der Waals surface area contributed by atoms with Gasteiger partial charge in [0.1, 0.15) is 11.2 Å². The molecular formula is C58H38N2O. The van der Waals surface area contributed by atoms with Crippen molar-refractivity contribution >= 4 is 71.6 Å². The number of benzene rings is 10. The van der Waals surface area contributed by atoms with E-state index in [0.29, 0.717) is 0 Å². The lowest BCUT2D eigenvalue weighted by Crippen LogP contribution is -2.09. The van der Waals surface area contributed by atoms with Gasteiger partial charge in [0.15, 0.2) is 0 Å². The third-order valence-electron chi connectivity index (χ3n) is 12.2. The van der Waals surface area contributed by atoms with Crippen molar-refractivity contribution in [3.05, 3.63) is 231 Å². The number of hydrogen-bond donors (Lipinski definition) is 0. The third-order valence-corrected chi connectivity index (χ3v) is 12.2. The fraction of sp³-hybridized carbons (Fsp3) is 0. The van der Waals surface area contributed by atoms with Gasteiger partial charge in [0.2, 0.25) is 0 Å². The van der Waals surface area contributed by atoms with E-state index in [1.54, 1.807) is 0 Å². The Morgan fingerprint density at radius 3 is 1.59 bits per heavy atom. The molecule has 0 saturated heterocycles. The Kier molecular flexibility index (Phi) is 8.17. The van der Waals surface area contributed by atoms with Gasteiger partial charge in [-0.1, -0.05) is 164 Å². The van der Waals surface area contributed by atoms with Crippen LogP contribution in [0.25, 0.3) is 93.6 Å². The molecule has 3 nitrogen and oxygen atoms in total. The van der Waals surface area contributed by atoms with Crippen LogP contribution in [0.5, 0.6) is 0 Å². The fourth-order valence-corrected chi connectivity index (χ4v) is 9.38. The molecule has 0 unspecified atom stereocenters. The Labute approximate surface area is 353 Å². The van der Waals surface area contributed by atoms with Crippen molar-refractivity contribution in [2.24, 2.45) is 0 Å². The topological polar surface area (TPSA) is 21.3 Å². The van der Waals surface area contributed by atoms with E-state index in [1.807, 2.05) is 0 Å². The second kappa shape index (κ2) is 14.3. The Hall–Kier alpha value is -8.14. The number of fused-ring (bicyclic) bond motifs is 8. The van der Waals surface area contributed by atoms with Crippen molar-refractivity contribution in [3.63, 3.8) is 0 Å². The SMILES string of the molecule is c1ccc(-c2ccc(-c3ccc(N(c4ccccc4)c4ccc5oc6cc(-c7cccc8c9ccccc9n(-c9ccccc9)c78)c7ccccc7c6c5c4)cc3)cc2)cc1. The molecule has 0 N–H and O–H groups in total. The van der Waals surface area contributed by atoms with Crippen LogP contribution >= 0.6 is 0 Å². The van der Waals surface area contributed by atoms with Gasteiger partial charge >= 0.3 is 0 Å². The number of aromatic nitrogens is 1. The standard InChI is InChI=1S/C58H38N2O/c1-4-15-39(16-5-1)40-27-29-41(30-28-40)42-31-33-45(34-32-42)59(43-17-6-2-7-18-43)46-35-36-55-53(37-46)57-49-23-11-10-21-47(49)52(38-56(57)61-55)51-25-14-24-50-48-22-12-13-26-54(48)60(58(50)51)44-19-8-3-9-20-44/h1-38H. The van der Waals surface area contributed by atoms with Gasteiger partial charge in [-0.15, -0.1) is 0 Å². The lowest BCUT2D eigenvalue weighted by atomic mass is 9.93. The molecule has 0 aliphatic rings. The molecular weight excluding hydrogens is 741 g/mol. The first kappa shape index (κ1) is 34.9. The number of para-hydroxylation sites is 4. The Morgan fingerprint density at radius 1 is 0.328 bits per heavy atom. The van der Waals surface area contributed by atoms with Crippen LogP contribution in [0.1, 0.15) is 0 Å². The second-order valence-corrected chi connectivity index (χ2v) is 15.7. The summed E-state index contributed by atoms with van der Waals surface area (Å²) in [7, 11) is 0. The number of nitrogens with zero attached hydrogens (tertiary/aromatic N) is 2. The number of anilines is 3. The van der Waals surface area contributed by atoms with E-state index in [9.17, 15) is 0 Å². The summed E-state index contributed by atoms with van der Waals surface area (Å²) in [6.45, 7) is 0. The van der Waals surface area contributed by atoms with Crippen LogP contribution in [0.4, 0.5) is 17.1 Å². The molecule has 0 saturated carbocycles. The quantitative estimate of drug-likeness (QED) is 0.161. The molecule has 286 valence electrons. The number of hydrogen-bond acceptors (Lipinski definition) is 2.